The van der Waals surface area contributed by atoms with Crippen LogP contribution in [0.15, 0.2) is 0 Å². The summed E-state index contributed by atoms with van der Waals surface area (Å²) in [6, 6.07) is 0. The van der Waals surface area contributed by atoms with E-state index in [2.05, 4.69) is 25.3 Å². The first kappa shape index (κ1) is 24.8. The molecule has 4 nitrogen and oxygen atoms in total. The second-order valence-electron chi connectivity index (χ2n) is 1.99. The average molecular weight is 256 g/mol. The minimum atomic E-state index is -0.972. The number of carbonyl (C=O) groups excluding carboxylic acids is 2. The Labute approximate surface area is 139 Å². The molecule has 0 spiro atoms. The number of carbonyl (C=O) groups is 2. The summed E-state index contributed by atoms with van der Waals surface area (Å²) in [6.45, 7) is 2.69. The molecule has 0 saturated heterocycles. The van der Waals surface area contributed by atoms with Crippen LogP contribution < -0.4 is 59.1 Å². The van der Waals surface area contributed by atoms with Gasteiger partial charge in [-0.15, -0.1) is 0 Å². The molecule has 0 bridgehead atoms. The maximum atomic E-state index is 9.71. The minimum absolute atomic E-state index is 0. The van der Waals surface area contributed by atoms with Crippen molar-refractivity contribution in [3.05, 3.63) is 0 Å². The zero-order valence-electron chi connectivity index (χ0n) is 8.68. The Bertz CT molecular complexity index is 146. The van der Waals surface area contributed by atoms with Crippen molar-refractivity contribution in [3.63, 3.8) is 0 Å². The zero-order chi connectivity index (χ0) is 10.3. The number of rotatable bonds is 2. The van der Waals surface area contributed by atoms with Gasteiger partial charge in [-0.2, -0.15) is 0 Å². The van der Waals surface area contributed by atoms with Crippen LogP contribution in [0.2, 0.25) is 0 Å². The van der Waals surface area contributed by atoms with E-state index in [4.69, 9.17) is 10.2 Å². The van der Waals surface area contributed by atoms with E-state index in [0.29, 0.717) is 0 Å². The van der Waals surface area contributed by atoms with Crippen LogP contribution >= 0.6 is 0 Å². The van der Waals surface area contributed by atoms with Gasteiger partial charge in [0.1, 0.15) is 0 Å². The Hall–Kier alpha value is 1.70. The van der Waals surface area contributed by atoms with Crippen LogP contribution in [0.1, 0.15) is 13.8 Å². The Kier molecular flexibility index (Phi) is 26.0. The van der Waals surface area contributed by atoms with Crippen molar-refractivity contribution in [1.82, 2.24) is 0 Å². The van der Waals surface area contributed by atoms with E-state index < -0.39 is 22.4 Å². The van der Waals surface area contributed by atoms with E-state index in [0.717, 1.165) is 0 Å². The fraction of sp³-hybridized carbons (Fsp3) is 0.667. The van der Waals surface area contributed by atoms with Crippen molar-refractivity contribution in [2.75, 3.05) is 0 Å². The third-order valence-electron chi connectivity index (χ3n) is 0.682. The van der Waals surface area contributed by atoms with Crippen LogP contribution in [-0.4, -0.2) is 32.7 Å². The number of aliphatic hydroxyl groups excluding tert-OH is 2. The van der Waals surface area contributed by atoms with Crippen LogP contribution in [0, 0.1) is 0 Å². The van der Waals surface area contributed by atoms with E-state index >= 15 is 0 Å². The summed E-state index contributed by atoms with van der Waals surface area (Å²) < 4.78 is 0. The van der Waals surface area contributed by atoms with Gasteiger partial charge in [0.05, 0.1) is 12.2 Å². The molecule has 0 aliphatic rings. The molecular formula is C6H10Na2O4S2. The van der Waals surface area contributed by atoms with Crippen LogP contribution in [0.25, 0.3) is 0 Å². The predicted molar refractivity (Wildman–Crippen MR) is 48.1 cm³/mol. The van der Waals surface area contributed by atoms with Gasteiger partial charge < -0.3 is 45.1 Å². The molecule has 0 aliphatic carbocycles. The molecule has 0 radical (unpaired) electrons. The van der Waals surface area contributed by atoms with Gasteiger partial charge in [0.25, 0.3) is 0 Å². The van der Waals surface area contributed by atoms with Gasteiger partial charge in [0.15, 0.2) is 0 Å². The molecule has 72 valence electrons. The number of hydrogen-bond acceptors (Lipinski definition) is 6. The van der Waals surface area contributed by atoms with Crippen molar-refractivity contribution < 1.29 is 78.9 Å². The van der Waals surface area contributed by atoms with E-state index in [1.165, 1.54) is 13.8 Å². The summed E-state index contributed by atoms with van der Waals surface area (Å²) in [5, 5.41) is 15.1. The molecule has 0 aromatic carbocycles. The van der Waals surface area contributed by atoms with Crippen molar-refractivity contribution in [2.45, 2.75) is 26.1 Å². The van der Waals surface area contributed by atoms with Crippen molar-refractivity contribution in [2.24, 2.45) is 0 Å². The SMILES string of the molecule is CC(O)C(=O)[S-].CC(O)C(=O)[S-].[Na+].[Na+]. The number of aliphatic hydroxyl groups is 2. The molecule has 2 N–H and O–H groups in total. The predicted octanol–water partition coefficient (Wildman–Crippen LogP) is -7.11. The summed E-state index contributed by atoms with van der Waals surface area (Å²) in [5.41, 5.74) is 0. The summed E-state index contributed by atoms with van der Waals surface area (Å²) in [4.78, 5) is 19.4. The molecule has 0 aromatic rings. The summed E-state index contributed by atoms with van der Waals surface area (Å²) in [7, 11) is 0. The second kappa shape index (κ2) is 14.7. The zero-order valence-corrected chi connectivity index (χ0v) is 14.3. The van der Waals surface area contributed by atoms with Gasteiger partial charge in [-0.3, -0.25) is 0 Å². The maximum Gasteiger partial charge on any atom is 1.00 e. The van der Waals surface area contributed by atoms with E-state index in [1.54, 1.807) is 0 Å². The quantitative estimate of drug-likeness (QED) is 0.378. The van der Waals surface area contributed by atoms with Gasteiger partial charge in [-0.05, 0) is 13.8 Å². The topological polar surface area (TPSA) is 74.6 Å². The molecular weight excluding hydrogens is 246 g/mol. The Morgan fingerprint density at radius 1 is 0.929 bits per heavy atom. The van der Waals surface area contributed by atoms with Gasteiger partial charge >= 0.3 is 59.1 Å². The standard InChI is InChI=1S/2C3H6O2S.2Na/c2*1-2(4)3(5)6;;/h2*2,4H,1H3,(H,5,6);;/q;;2*+1/p-2. The van der Waals surface area contributed by atoms with Gasteiger partial charge in [0.2, 0.25) is 0 Å². The first-order valence-corrected chi connectivity index (χ1v) is 3.88. The molecule has 0 aliphatic heterocycles. The molecule has 8 heteroatoms. The first-order chi connectivity index (χ1) is 5.29. The van der Waals surface area contributed by atoms with E-state index in [1.807, 2.05) is 0 Å². The number of hydrogen-bond donors (Lipinski definition) is 2. The monoisotopic (exact) mass is 256 g/mol. The molecule has 0 amide bonds. The third-order valence-corrected chi connectivity index (χ3v) is 1.36. The molecule has 2 unspecified atom stereocenters. The van der Waals surface area contributed by atoms with Gasteiger partial charge in [-0.25, -0.2) is 0 Å². The van der Waals surface area contributed by atoms with Crippen molar-refractivity contribution >= 4 is 35.5 Å². The van der Waals surface area contributed by atoms with Gasteiger partial charge in [0, 0.05) is 10.2 Å². The summed E-state index contributed by atoms with van der Waals surface area (Å²) in [5.74, 6) is 0. The molecule has 2 atom stereocenters. The Balaban J connectivity index is -0.0000000625. The molecule has 0 heterocycles. The van der Waals surface area contributed by atoms with E-state index in [-0.39, 0.29) is 59.1 Å². The smallest absolute Gasteiger partial charge is 0.739 e. The molecule has 0 saturated carbocycles. The fourth-order valence-electron chi connectivity index (χ4n) is 0. The van der Waals surface area contributed by atoms with E-state index in [9.17, 15) is 9.59 Å². The first-order valence-electron chi connectivity index (χ1n) is 3.06. The third kappa shape index (κ3) is 23.5. The van der Waals surface area contributed by atoms with Crippen LogP contribution in [0.3, 0.4) is 0 Å². The molecule has 0 rings (SSSR count). The molecule has 14 heavy (non-hydrogen) atoms. The Morgan fingerprint density at radius 3 is 1.00 bits per heavy atom. The summed E-state index contributed by atoms with van der Waals surface area (Å²) >= 11 is 8.03. The largest absolute Gasteiger partial charge is 1.00 e. The second-order valence-corrected chi connectivity index (χ2v) is 2.79. The van der Waals surface area contributed by atoms with Crippen LogP contribution in [0.5, 0.6) is 0 Å². The average Bonchev–Trinajstić information content (AvgIpc) is 1.88. The molecule has 0 fully saturated rings. The molecule has 0 aromatic heterocycles. The van der Waals surface area contributed by atoms with Crippen LogP contribution in [0.4, 0.5) is 0 Å². The normalized spacial score (nSPS) is 11.7. The van der Waals surface area contributed by atoms with Crippen LogP contribution in [-0.2, 0) is 34.8 Å². The summed E-state index contributed by atoms with van der Waals surface area (Å²) in [6.07, 6.45) is -1.94. The fourth-order valence-corrected chi connectivity index (χ4v) is 0. The Morgan fingerprint density at radius 2 is 1.00 bits per heavy atom. The van der Waals surface area contributed by atoms with Gasteiger partial charge in [-0.1, -0.05) is 0 Å². The minimum Gasteiger partial charge on any atom is -0.739 e. The van der Waals surface area contributed by atoms with Crippen molar-refractivity contribution in [1.29, 1.82) is 0 Å². The maximum absolute atomic E-state index is 9.71. The van der Waals surface area contributed by atoms with Crippen molar-refractivity contribution in [3.8, 4) is 0 Å².